The Balaban J connectivity index is 1.95. The number of carbonyl (C=O) groups is 1. The largest absolute Gasteiger partial charge is 0.376 e. The second kappa shape index (κ2) is 6.23. The van der Waals surface area contributed by atoms with Crippen LogP contribution in [0.1, 0.15) is 47.0 Å². The molecule has 19 heavy (non-hydrogen) atoms. The molecule has 2 fully saturated rings. The number of hydrogen-bond acceptors (Lipinski definition) is 3. The molecule has 4 heteroatoms. The van der Waals surface area contributed by atoms with Gasteiger partial charge < -0.3 is 9.64 Å². The number of carbonyl (C=O) groups excluding carboxylic acids is 1. The van der Waals surface area contributed by atoms with Gasteiger partial charge in [-0.3, -0.25) is 9.69 Å². The van der Waals surface area contributed by atoms with E-state index < -0.39 is 0 Å². The molecule has 0 bridgehead atoms. The van der Waals surface area contributed by atoms with Gasteiger partial charge in [-0.15, -0.1) is 0 Å². The molecule has 0 aliphatic carbocycles. The van der Waals surface area contributed by atoms with Crippen molar-refractivity contribution >= 4 is 5.91 Å². The Morgan fingerprint density at radius 1 is 1.11 bits per heavy atom. The topological polar surface area (TPSA) is 32.8 Å². The summed E-state index contributed by atoms with van der Waals surface area (Å²) in [5.74, 6) is 0.292. The third kappa shape index (κ3) is 3.48. The molecule has 4 nitrogen and oxygen atoms in total. The highest BCUT2D eigenvalue weighted by Gasteiger charge is 2.32. The lowest BCUT2D eigenvalue weighted by Crippen LogP contribution is -2.55. The molecule has 0 spiro atoms. The number of piperidine rings is 1. The second-order valence-electron chi connectivity index (χ2n) is 6.35. The van der Waals surface area contributed by atoms with Gasteiger partial charge >= 0.3 is 0 Å². The van der Waals surface area contributed by atoms with Gasteiger partial charge in [0.25, 0.3) is 0 Å². The summed E-state index contributed by atoms with van der Waals surface area (Å²) in [6.07, 6.45) is 3.77. The highest BCUT2D eigenvalue weighted by molar-refractivity contribution is 5.79. The first-order valence-electron chi connectivity index (χ1n) is 7.66. The number of likely N-dealkylation sites (tertiary alicyclic amines) is 1. The van der Waals surface area contributed by atoms with Gasteiger partial charge in [-0.1, -0.05) is 0 Å². The molecule has 0 aromatic rings. The molecule has 0 aromatic heterocycles. The Morgan fingerprint density at radius 3 is 2.37 bits per heavy atom. The van der Waals surface area contributed by atoms with Crippen LogP contribution in [0.4, 0.5) is 0 Å². The summed E-state index contributed by atoms with van der Waals surface area (Å²) in [6.45, 7) is 10.7. The van der Waals surface area contributed by atoms with Gasteiger partial charge in [0.05, 0.1) is 19.3 Å². The lowest BCUT2D eigenvalue weighted by atomic mass is 9.97. The molecule has 0 saturated carbocycles. The van der Waals surface area contributed by atoms with Crippen molar-refractivity contribution in [3.8, 4) is 0 Å². The van der Waals surface area contributed by atoms with Crippen molar-refractivity contribution in [3.05, 3.63) is 0 Å². The molecule has 4 atom stereocenters. The van der Waals surface area contributed by atoms with Gasteiger partial charge in [0.2, 0.25) is 5.91 Å². The van der Waals surface area contributed by atoms with Crippen LogP contribution in [-0.2, 0) is 9.53 Å². The van der Waals surface area contributed by atoms with E-state index in [9.17, 15) is 4.79 Å². The van der Waals surface area contributed by atoms with Gasteiger partial charge in [-0.05, 0) is 47.0 Å². The summed E-state index contributed by atoms with van der Waals surface area (Å²) in [7, 11) is 0. The van der Waals surface area contributed by atoms with Crippen molar-refractivity contribution < 1.29 is 9.53 Å². The minimum absolute atomic E-state index is 0.236. The van der Waals surface area contributed by atoms with Crippen molar-refractivity contribution in [2.75, 3.05) is 19.7 Å². The molecule has 0 N–H and O–H groups in total. The molecule has 2 saturated heterocycles. The molecule has 2 rings (SSSR count). The smallest absolute Gasteiger partial charge is 0.237 e. The van der Waals surface area contributed by atoms with E-state index in [1.54, 1.807) is 0 Å². The molecule has 2 aliphatic heterocycles. The summed E-state index contributed by atoms with van der Waals surface area (Å²) >= 11 is 0. The highest BCUT2D eigenvalue weighted by atomic mass is 16.5. The van der Waals surface area contributed by atoms with Crippen LogP contribution in [0.3, 0.4) is 0 Å². The van der Waals surface area contributed by atoms with Crippen LogP contribution in [0.5, 0.6) is 0 Å². The van der Waals surface area contributed by atoms with E-state index in [1.807, 2.05) is 0 Å². The third-order valence-electron chi connectivity index (χ3n) is 4.56. The Morgan fingerprint density at radius 2 is 1.74 bits per heavy atom. The Kier molecular flexibility index (Phi) is 4.85. The van der Waals surface area contributed by atoms with E-state index in [0.717, 1.165) is 26.0 Å². The van der Waals surface area contributed by atoms with Crippen LogP contribution in [-0.4, -0.2) is 59.6 Å². The highest BCUT2D eigenvalue weighted by Crippen LogP contribution is 2.23. The van der Waals surface area contributed by atoms with Gasteiger partial charge in [0.15, 0.2) is 0 Å². The van der Waals surface area contributed by atoms with Gasteiger partial charge in [-0.2, -0.15) is 0 Å². The molecular weight excluding hydrogens is 240 g/mol. The van der Waals surface area contributed by atoms with Crippen LogP contribution in [0.2, 0.25) is 0 Å². The number of hydrogen-bond donors (Lipinski definition) is 0. The zero-order valence-corrected chi connectivity index (χ0v) is 12.8. The predicted octanol–water partition coefficient (Wildman–Crippen LogP) is 1.89. The number of rotatable bonds is 2. The first-order valence-corrected chi connectivity index (χ1v) is 7.66. The minimum Gasteiger partial charge on any atom is -0.376 e. The van der Waals surface area contributed by atoms with Crippen molar-refractivity contribution in [1.82, 2.24) is 9.80 Å². The normalized spacial score (nSPS) is 37.4. The van der Waals surface area contributed by atoms with E-state index >= 15 is 0 Å². The number of amides is 1. The fraction of sp³-hybridized carbons (Fsp3) is 0.933. The van der Waals surface area contributed by atoms with Gasteiger partial charge in [0, 0.05) is 24.7 Å². The summed E-state index contributed by atoms with van der Waals surface area (Å²) in [6, 6.07) is 1.13. The fourth-order valence-corrected chi connectivity index (χ4v) is 3.36. The second-order valence-corrected chi connectivity index (χ2v) is 6.35. The minimum atomic E-state index is 0.236. The lowest BCUT2D eigenvalue weighted by molar-refractivity contribution is -0.141. The molecule has 110 valence electrons. The van der Waals surface area contributed by atoms with Crippen molar-refractivity contribution in [1.29, 1.82) is 0 Å². The predicted molar refractivity (Wildman–Crippen MR) is 76.1 cm³/mol. The molecule has 2 heterocycles. The summed E-state index contributed by atoms with van der Waals surface area (Å²) in [5.41, 5.74) is 0. The van der Waals surface area contributed by atoms with Crippen molar-refractivity contribution in [2.24, 2.45) is 0 Å². The van der Waals surface area contributed by atoms with Crippen LogP contribution in [0.15, 0.2) is 0 Å². The maximum absolute atomic E-state index is 12.6. The van der Waals surface area contributed by atoms with Crippen molar-refractivity contribution in [3.63, 3.8) is 0 Å². The van der Waals surface area contributed by atoms with Gasteiger partial charge in [-0.25, -0.2) is 0 Å². The molecular formula is C15H28N2O2. The molecule has 0 radical (unpaired) electrons. The zero-order valence-electron chi connectivity index (χ0n) is 12.8. The van der Waals surface area contributed by atoms with E-state index in [0.29, 0.717) is 30.6 Å². The number of ether oxygens (including phenoxy) is 1. The Hall–Kier alpha value is -0.610. The average Bonchev–Trinajstić information content (AvgIpc) is 2.33. The van der Waals surface area contributed by atoms with Crippen LogP contribution in [0, 0.1) is 0 Å². The molecule has 0 aromatic carbocycles. The molecule has 2 aliphatic rings. The third-order valence-corrected chi connectivity index (χ3v) is 4.56. The van der Waals surface area contributed by atoms with Gasteiger partial charge in [0.1, 0.15) is 0 Å². The fourth-order valence-electron chi connectivity index (χ4n) is 3.36. The maximum Gasteiger partial charge on any atom is 0.237 e. The van der Waals surface area contributed by atoms with E-state index in [-0.39, 0.29) is 6.10 Å². The SMILES string of the molecule is C[C@@H]1CN(CC(=O)N2[C@H](C)CCC[C@@H]2C)[C@@H](C)CO1. The van der Waals surface area contributed by atoms with Crippen LogP contribution < -0.4 is 0 Å². The molecule has 0 unspecified atom stereocenters. The summed E-state index contributed by atoms with van der Waals surface area (Å²) in [4.78, 5) is 17.0. The van der Waals surface area contributed by atoms with Crippen LogP contribution in [0.25, 0.3) is 0 Å². The number of morpholine rings is 1. The van der Waals surface area contributed by atoms with Crippen molar-refractivity contribution in [2.45, 2.75) is 71.2 Å². The quantitative estimate of drug-likeness (QED) is 0.766. The first-order chi connectivity index (χ1) is 8.99. The Labute approximate surface area is 117 Å². The van der Waals surface area contributed by atoms with E-state index in [2.05, 4.69) is 37.5 Å². The van der Waals surface area contributed by atoms with Crippen LogP contribution >= 0.6 is 0 Å². The Bertz CT molecular complexity index is 311. The lowest BCUT2D eigenvalue weighted by Gasteiger charge is -2.42. The summed E-state index contributed by atoms with van der Waals surface area (Å²) < 4.78 is 5.62. The standard InChI is InChI=1S/C15H28N2O2/c1-11-6-5-7-12(2)17(11)15(18)9-16-8-14(4)19-10-13(16)3/h11-14H,5-10H2,1-4H3/t11-,12+,13-,14+/m0/s1. The monoisotopic (exact) mass is 268 g/mol. The van der Waals surface area contributed by atoms with E-state index in [4.69, 9.17) is 4.74 Å². The average molecular weight is 268 g/mol. The first kappa shape index (κ1) is 14.8. The zero-order chi connectivity index (χ0) is 14.0. The maximum atomic E-state index is 12.6. The summed E-state index contributed by atoms with van der Waals surface area (Å²) in [5, 5.41) is 0. The molecule has 1 amide bonds. The van der Waals surface area contributed by atoms with E-state index in [1.165, 1.54) is 6.42 Å². The number of nitrogens with zero attached hydrogens (tertiary/aromatic N) is 2.